The molecule has 0 aliphatic carbocycles. The maximum atomic E-state index is 12.6. The summed E-state index contributed by atoms with van der Waals surface area (Å²) in [6.07, 6.45) is -4.92. The van der Waals surface area contributed by atoms with E-state index in [1.165, 1.54) is 40.7 Å². The highest BCUT2D eigenvalue weighted by Gasteiger charge is 2.33. The second-order valence-corrected chi connectivity index (χ2v) is 6.85. The molecular formula is C19H18F3N5O6. The molecule has 2 aromatic rings. The topological polar surface area (TPSA) is 137 Å². The number of anilines is 2. The van der Waals surface area contributed by atoms with E-state index in [2.05, 4.69) is 10.1 Å². The van der Waals surface area contributed by atoms with Crippen LogP contribution in [-0.2, 0) is 0 Å². The summed E-state index contributed by atoms with van der Waals surface area (Å²) in [7, 11) is 0. The van der Waals surface area contributed by atoms with E-state index in [4.69, 9.17) is 5.21 Å². The van der Waals surface area contributed by atoms with Crippen molar-refractivity contribution in [2.45, 2.75) is 6.36 Å². The number of hydrogen-bond acceptors (Lipinski definition) is 7. The van der Waals surface area contributed by atoms with Crippen molar-refractivity contribution in [2.24, 2.45) is 0 Å². The van der Waals surface area contributed by atoms with E-state index in [9.17, 15) is 32.9 Å². The molecular weight excluding hydrogens is 451 g/mol. The molecule has 3 rings (SSSR count). The fourth-order valence-electron chi connectivity index (χ4n) is 3.27. The number of rotatable bonds is 5. The summed E-state index contributed by atoms with van der Waals surface area (Å²) in [5.41, 5.74) is 1.01. The van der Waals surface area contributed by atoms with Crippen molar-refractivity contribution in [2.75, 3.05) is 36.4 Å². The van der Waals surface area contributed by atoms with Gasteiger partial charge in [0.25, 0.3) is 11.6 Å². The number of amides is 3. The zero-order chi connectivity index (χ0) is 24.2. The minimum absolute atomic E-state index is 0.106. The molecule has 1 fully saturated rings. The molecule has 3 N–H and O–H groups in total. The molecule has 0 saturated carbocycles. The number of ether oxygens (including phenoxy) is 1. The van der Waals surface area contributed by atoms with Crippen molar-refractivity contribution in [3.05, 3.63) is 58.1 Å². The van der Waals surface area contributed by atoms with Crippen molar-refractivity contribution < 1.29 is 37.6 Å². The molecule has 14 heteroatoms. The quantitative estimate of drug-likeness (QED) is 0.348. The number of hydroxylamine groups is 1. The molecule has 176 valence electrons. The number of para-hydroxylation sites is 2. The van der Waals surface area contributed by atoms with E-state index in [1.54, 1.807) is 4.90 Å². The Hall–Kier alpha value is -4.07. The third-order valence-corrected chi connectivity index (χ3v) is 4.80. The van der Waals surface area contributed by atoms with Gasteiger partial charge in [0.2, 0.25) is 0 Å². The molecule has 0 unspecified atom stereocenters. The SMILES string of the molecule is O=C(NO)c1ccc(N2CCN(C(=O)Nc3ccccc3OC(F)(F)F)CC2)c([N+](=O)[O-])c1. The number of nitrogens with zero attached hydrogens (tertiary/aromatic N) is 3. The molecule has 0 atom stereocenters. The molecule has 11 nitrogen and oxygen atoms in total. The number of nitro groups is 1. The summed E-state index contributed by atoms with van der Waals surface area (Å²) in [5, 5.41) is 22.5. The predicted molar refractivity (Wildman–Crippen MR) is 108 cm³/mol. The van der Waals surface area contributed by atoms with E-state index >= 15 is 0 Å². The molecule has 1 aliphatic rings. The molecule has 33 heavy (non-hydrogen) atoms. The van der Waals surface area contributed by atoms with Crippen LogP contribution in [0.2, 0.25) is 0 Å². The summed E-state index contributed by atoms with van der Waals surface area (Å²) in [6.45, 7) is 0.648. The number of urea groups is 1. The number of carbonyl (C=O) groups excluding carboxylic acids is 2. The van der Waals surface area contributed by atoms with E-state index in [0.29, 0.717) is 0 Å². The lowest BCUT2D eigenvalue weighted by molar-refractivity contribution is -0.384. The summed E-state index contributed by atoms with van der Waals surface area (Å²) < 4.78 is 41.6. The van der Waals surface area contributed by atoms with Crippen LogP contribution in [0, 0.1) is 10.1 Å². The molecule has 0 radical (unpaired) electrons. The number of nitrogens with one attached hydrogen (secondary N) is 2. The van der Waals surface area contributed by atoms with Gasteiger partial charge < -0.3 is 19.9 Å². The Morgan fingerprint density at radius 3 is 2.36 bits per heavy atom. The molecule has 0 aromatic heterocycles. The van der Waals surface area contributed by atoms with Crippen molar-refractivity contribution in [3.8, 4) is 5.75 Å². The van der Waals surface area contributed by atoms with Crippen LogP contribution in [0.4, 0.5) is 35.0 Å². The number of benzene rings is 2. The van der Waals surface area contributed by atoms with Gasteiger partial charge in [0.05, 0.1) is 10.6 Å². The lowest BCUT2D eigenvalue weighted by atomic mass is 10.1. The van der Waals surface area contributed by atoms with Crippen LogP contribution < -0.4 is 20.4 Å². The maximum Gasteiger partial charge on any atom is 0.573 e. The molecule has 1 saturated heterocycles. The first-order chi connectivity index (χ1) is 15.6. The lowest BCUT2D eigenvalue weighted by Gasteiger charge is -2.35. The standard InChI is InChI=1S/C19H18F3N5O6/c20-19(21,22)33-16-4-2-1-3-13(16)23-18(29)26-9-7-25(8-10-26)14-6-5-12(17(28)24-30)11-15(14)27(31)32/h1-6,11,30H,7-10H2,(H,23,29)(H,24,28). The largest absolute Gasteiger partial charge is 0.573 e. The van der Waals surface area contributed by atoms with Gasteiger partial charge in [-0.1, -0.05) is 12.1 Å². The monoisotopic (exact) mass is 469 g/mol. The van der Waals surface area contributed by atoms with Gasteiger partial charge in [-0.25, -0.2) is 10.3 Å². The van der Waals surface area contributed by atoms with Crippen LogP contribution in [0.15, 0.2) is 42.5 Å². The average Bonchev–Trinajstić information content (AvgIpc) is 2.78. The van der Waals surface area contributed by atoms with Crippen LogP contribution in [0.1, 0.15) is 10.4 Å². The number of hydrogen-bond donors (Lipinski definition) is 3. The van der Waals surface area contributed by atoms with Gasteiger partial charge in [-0.3, -0.25) is 20.1 Å². The Balaban J connectivity index is 1.68. The third kappa shape index (κ3) is 5.79. The Morgan fingerprint density at radius 1 is 1.09 bits per heavy atom. The highest BCUT2D eigenvalue weighted by Crippen LogP contribution is 2.32. The van der Waals surface area contributed by atoms with Gasteiger partial charge in [0.1, 0.15) is 5.69 Å². The smallest absolute Gasteiger partial charge is 0.404 e. The van der Waals surface area contributed by atoms with Gasteiger partial charge in [0.15, 0.2) is 5.75 Å². The highest BCUT2D eigenvalue weighted by molar-refractivity contribution is 5.95. The maximum absolute atomic E-state index is 12.6. The second kappa shape index (κ2) is 9.60. The van der Waals surface area contributed by atoms with Gasteiger partial charge in [-0.05, 0) is 24.3 Å². The summed E-state index contributed by atoms with van der Waals surface area (Å²) in [4.78, 5) is 37.8. The first-order valence-electron chi connectivity index (χ1n) is 9.47. The minimum atomic E-state index is -4.92. The Morgan fingerprint density at radius 2 is 1.76 bits per heavy atom. The zero-order valence-electron chi connectivity index (χ0n) is 16.8. The Kier molecular flexibility index (Phi) is 6.86. The average molecular weight is 469 g/mol. The number of halogens is 3. The summed E-state index contributed by atoms with van der Waals surface area (Å²) in [5.74, 6) is -1.46. The number of piperazine rings is 1. The lowest BCUT2D eigenvalue weighted by Crippen LogP contribution is -2.50. The minimum Gasteiger partial charge on any atom is -0.404 e. The molecule has 2 aromatic carbocycles. The number of nitro benzene ring substituents is 1. The first-order valence-corrected chi connectivity index (χ1v) is 9.47. The summed E-state index contributed by atoms with van der Waals surface area (Å²) in [6, 6.07) is 8.15. The van der Waals surface area contributed by atoms with Gasteiger partial charge in [0, 0.05) is 37.8 Å². The number of alkyl halides is 3. The summed E-state index contributed by atoms with van der Waals surface area (Å²) >= 11 is 0. The highest BCUT2D eigenvalue weighted by atomic mass is 19.4. The van der Waals surface area contributed by atoms with Crippen molar-refractivity contribution in [1.29, 1.82) is 0 Å². The van der Waals surface area contributed by atoms with E-state index < -0.39 is 29.0 Å². The van der Waals surface area contributed by atoms with E-state index in [1.807, 2.05) is 0 Å². The second-order valence-electron chi connectivity index (χ2n) is 6.85. The third-order valence-electron chi connectivity index (χ3n) is 4.80. The van der Waals surface area contributed by atoms with Crippen LogP contribution >= 0.6 is 0 Å². The van der Waals surface area contributed by atoms with Crippen LogP contribution in [0.3, 0.4) is 0 Å². The molecule has 0 bridgehead atoms. The van der Waals surface area contributed by atoms with Crippen LogP contribution in [0.25, 0.3) is 0 Å². The normalized spacial score (nSPS) is 13.9. The molecule has 1 aliphatic heterocycles. The van der Waals surface area contributed by atoms with Gasteiger partial charge in [-0.15, -0.1) is 13.2 Å². The van der Waals surface area contributed by atoms with Crippen molar-refractivity contribution >= 4 is 29.0 Å². The Labute approximate surface area is 184 Å². The van der Waals surface area contributed by atoms with E-state index in [-0.39, 0.29) is 48.8 Å². The van der Waals surface area contributed by atoms with Gasteiger partial charge >= 0.3 is 12.4 Å². The molecule has 3 amide bonds. The van der Waals surface area contributed by atoms with Gasteiger partial charge in [-0.2, -0.15) is 0 Å². The molecule has 1 heterocycles. The fourth-order valence-corrected chi connectivity index (χ4v) is 3.27. The van der Waals surface area contributed by atoms with Crippen LogP contribution in [0.5, 0.6) is 5.75 Å². The van der Waals surface area contributed by atoms with Crippen molar-refractivity contribution in [3.63, 3.8) is 0 Å². The molecule has 0 spiro atoms. The fraction of sp³-hybridized carbons (Fsp3) is 0.263. The zero-order valence-corrected chi connectivity index (χ0v) is 16.8. The number of carbonyl (C=O) groups is 2. The van der Waals surface area contributed by atoms with Crippen molar-refractivity contribution in [1.82, 2.24) is 10.4 Å². The van der Waals surface area contributed by atoms with E-state index in [0.717, 1.165) is 12.1 Å². The Bertz CT molecular complexity index is 1060. The first kappa shape index (κ1) is 23.6. The predicted octanol–water partition coefficient (Wildman–Crippen LogP) is 2.97. The van der Waals surface area contributed by atoms with Crippen LogP contribution in [-0.4, -0.2) is 59.5 Å².